The number of nitrogens with zero attached hydrogens (tertiary/aromatic N) is 5. The molecule has 1 amide bonds. The van der Waals surface area contributed by atoms with E-state index in [4.69, 9.17) is 27.9 Å². The normalized spacial score (nSPS) is 18.5. The van der Waals surface area contributed by atoms with E-state index in [0.717, 1.165) is 75.4 Å². The van der Waals surface area contributed by atoms with Gasteiger partial charge in [0.15, 0.2) is 5.96 Å². The number of guanidine groups is 1. The number of likely N-dealkylation sites (tertiary alicyclic amines) is 2. The molecule has 0 radical (unpaired) electrons. The maximum Gasteiger partial charge on any atom is 0.225 e. The molecule has 2 aliphatic heterocycles. The van der Waals surface area contributed by atoms with E-state index in [-0.39, 0.29) is 23.7 Å². The predicted octanol–water partition coefficient (Wildman–Crippen LogP) is 3.20. The number of amides is 1. The molecule has 2 saturated heterocycles. The second-order valence-electron chi connectivity index (χ2n) is 8.97. The van der Waals surface area contributed by atoms with Crippen molar-refractivity contribution in [2.75, 3.05) is 33.3 Å². The fourth-order valence-electron chi connectivity index (χ4n) is 4.81. The van der Waals surface area contributed by atoms with Gasteiger partial charge in [-0.15, -0.1) is 11.3 Å². The summed E-state index contributed by atoms with van der Waals surface area (Å²) < 4.78 is 0. The zero-order chi connectivity index (χ0) is 24.8. The van der Waals surface area contributed by atoms with E-state index in [2.05, 4.69) is 20.0 Å². The number of aliphatic imine (C=N–C) groups is 1. The van der Waals surface area contributed by atoms with Gasteiger partial charge >= 0.3 is 0 Å². The molecule has 0 bridgehead atoms. The average Bonchev–Trinajstić information content (AvgIpc) is 3.29. The Bertz CT molecular complexity index is 1050. The van der Waals surface area contributed by atoms with Gasteiger partial charge in [-0.25, -0.2) is 4.98 Å². The Kier molecular flexibility index (Phi) is 8.59. The monoisotopic (exact) mass is 517 g/mol. The van der Waals surface area contributed by atoms with E-state index in [1.165, 1.54) is 11.3 Å². The van der Waals surface area contributed by atoms with Crippen LogP contribution in [0, 0.1) is 11.8 Å². The summed E-state index contributed by atoms with van der Waals surface area (Å²) in [6.45, 7) is 3.99. The number of rotatable bonds is 7. The second kappa shape index (κ2) is 11.8. The van der Waals surface area contributed by atoms with Gasteiger partial charge in [0.25, 0.3) is 0 Å². The molecule has 0 unspecified atom stereocenters. The van der Waals surface area contributed by atoms with Crippen molar-refractivity contribution < 1.29 is 9.63 Å². The summed E-state index contributed by atoms with van der Waals surface area (Å²) in [5, 5.41) is 7.55. The van der Waals surface area contributed by atoms with Crippen molar-refractivity contribution in [2.24, 2.45) is 33.5 Å². The van der Waals surface area contributed by atoms with Crippen molar-refractivity contribution in [3.8, 4) is 0 Å². The topological polar surface area (TPSA) is 122 Å². The molecule has 4 N–H and O–H groups in total. The molecule has 0 atom stereocenters. The quantitative estimate of drug-likeness (QED) is 0.330. The first-order valence-corrected chi connectivity index (χ1v) is 13.1. The molecule has 4 rings (SSSR count). The number of hydrogen-bond acceptors (Lipinski definition) is 7. The Labute approximate surface area is 214 Å². The third-order valence-electron chi connectivity index (χ3n) is 6.61. The van der Waals surface area contributed by atoms with Crippen molar-refractivity contribution >= 4 is 45.6 Å². The lowest BCUT2D eigenvalue weighted by atomic mass is 9.87. The van der Waals surface area contributed by atoms with Crippen LogP contribution in [-0.4, -0.2) is 65.7 Å². The van der Waals surface area contributed by atoms with Crippen LogP contribution in [-0.2, 0) is 16.2 Å². The number of thiazole rings is 1. The van der Waals surface area contributed by atoms with Gasteiger partial charge in [-0.05, 0) is 56.5 Å². The van der Waals surface area contributed by atoms with Crippen LogP contribution in [0.4, 0.5) is 5.13 Å². The van der Waals surface area contributed by atoms with Gasteiger partial charge in [0.2, 0.25) is 11.0 Å². The molecule has 2 aromatic rings. The zero-order valence-electron chi connectivity index (χ0n) is 19.9. The first kappa shape index (κ1) is 25.4. The Hall–Kier alpha value is -2.69. The molecule has 188 valence electrons. The molecule has 0 aliphatic carbocycles. The Balaban J connectivity index is 1.26. The summed E-state index contributed by atoms with van der Waals surface area (Å²) >= 11 is 7.47. The van der Waals surface area contributed by atoms with Gasteiger partial charge in [-0.3, -0.25) is 9.69 Å². The first-order chi connectivity index (χ1) is 16.9. The number of carbonyl (C=O) groups excluding carboxylic acids is 1. The summed E-state index contributed by atoms with van der Waals surface area (Å²) in [6, 6.07) is 7.67. The molecular weight excluding hydrogens is 486 g/mol. The molecular formula is C24H32ClN7O2S. The van der Waals surface area contributed by atoms with E-state index in [9.17, 15) is 4.79 Å². The lowest BCUT2D eigenvalue weighted by Gasteiger charge is -2.37. The van der Waals surface area contributed by atoms with Crippen LogP contribution < -0.4 is 11.5 Å². The summed E-state index contributed by atoms with van der Waals surface area (Å²) in [7, 11) is 1.57. The number of hydrogen-bond donors (Lipinski definition) is 2. The largest absolute Gasteiger partial charge is 0.399 e. The average molecular weight is 518 g/mol. The fraction of sp³-hybridized carbons (Fsp3) is 0.500. The number of carbonyl (C=O) groups is 1. The maximum absolute atomic E-state index is 13.2. The maximum atomic E-state index is 13.2. The van der Waals surface area contributed by atoms with Crippen LogP contribution >= 0.6 is 22.9 Å². The molecule has 1 aromatic carbocycles. The summed E-state index contributed by atoms with van der Waals surface area (Å²) in [5.74, 6) is 0.632. The van der Waals surface area contributed by atoms with E-state index in [1.54, 1.807) is 7.11 Å². The van der Waals surface area contributed by atoms with Gasteiger partial charge in [0, 0.05) is 41.9 Å². The molecule has 1 aromatic heterocycles. The molecule has 0 saturated carbocycles. The summed E-state index contributed by atoms with van der Waals surface area (Å²) in [6.07, 6.45) is 3.48. The Morgan fingerprint density at radius 1 is 1.11 bits per heavy atom. The van der Waals surface area contributed by atoms with Crippen molar-refractivity contribution in [1.82, 2.24) is 14.8 Å². The SMILES string of the molecule is CO/N=C(/c1ccc(Cl)cc1)C1CCN(C(=O)C2CCN(Cc3csc(N=C(N)N)n3)CC2)CC1. The van der Waals surface area contributed by atoms with Crippen LogP contribution in [0.3, 0.4) is 0 Å². The molecule has 2 aliphatic rings. The smallest absolute Gasteiger partial charge is 0.225 e. The van der Waals surface area contributed by atoms with Crippen molar-refractivity contribution in [1.29, 1.82) is 0 Å². The molecule has 11 heteroatoms. The van der Waals surface area contributed by atoms with E-state index in [1.807, 2.05) is 34.5 Å². The number of benzene rings is 1. The highest BCUT2D eigenvalue weighted by atomic mass is 35.5. The van der Waals surface area contributed by atoms with Crippen LogP contribution in [0.5, 0.6) is 0 Å². The Morgan fingerprint density at radius 3 is 2.40 bits per heavy atom. The van der Waals surface area contributed by atoms with Crippen molar-refractivity contribution in [3.05, 3.63) is 45.9 Å². The van der Waals surface area contributed by atoms with Crippen LogP contribution in [0.15, 0.2) is 39.8 Å². The lowest BCUT2D eigenvalue weighted by molar-refractivity contribution is -0.138. The molecule has 3 heterocycles. The molecule has 0 spiro atoms. The fourth-order valence-corrected chi connectivity index (χ4v) is 5.63. The first-order valence-electron chi connectivity index (χ1n) is 11.8. The van der Waals surface area contributed by atoms with Crippen LogP contribution in [0.25, 0.3) is 0 Å². The van der Waals surface area contributed by atoms with Gasteiger partial charge in [-0.2, -0.15) is 4.99 Å². The van der Waals surface area contributed by atoms with Gasteiger partial charge in [0.1, 0.15) is 7.11 Å². The Morgan fingerprint density at radius 2 is 1.77 bits per heavy atom. The highest BCUT2D eigenvalue weighted by Crippen LogP contribution is 2.28. The third-order valence-corrected chi connectivity index (χ3v) is 7.65. The number of piperidine rings is 2. The van der Waals surface area contributed by atoms with Crippen LogP contribution in [0.1, 0.15) is 36.9 Å². The van der Waals surface area contributed by atoms with Gasteiger partial charge < -0.3 is 21.2 Å². The zero-order valence-corrected chi connectivity index (χ0v) is 21.5. The summed E-state index contributed by atoms with van der Waals surface area (Å²) in [4.78, 5) is 31.2. The number of halogens is 1. The van der Waals surface area contributed by atoms with E-state index in [0.29, 0.717) is 10.2 Å². The third kappa shape index (κ3) is 6.71. The van der Waals surface area contributed by atoms with Gasteiger partial charge in [0.05, 0.1) is 11.4 Å². The minimum atomic E-state index is 0.0152. The van der Waals surface area contributed by atoms with Crippen LogP contribution in [0.2, 0.25) is 5.02 Å². The summed E-state index contributed by atoms with van der Waals surface area (Å²) in [5.41, 5.74) is 13.7. The standard InChI is InChI=1S/C24H32ClN7O2S/c1-34-30-21(16-2-4-19(25)5-3-16)17-8-12-32(13-9-17)22(33)18-6-10-31(11-7-18)14-20-15-35-24(28-20)29-23(26)27/h2-5,15,17-18H,6-14H2,1H3,(H4,26,27,28,29)/b30-21-. The minimum Gasteiger partial charge on any atom is -0.399 e. The lowest BCUT2D eigenvalue weighted by Crippen LogP contribution is -2.46. The highest BCUT2D eigenvalue weighted by molar-refractivity contribution is 7.13. The highest BCUT2D eigenvalue weighted by Gasteiger charge is 2.32. The molecule has 9 nitrogen and oxygen atoms in total. The molecule has 35 heavy (non-hydrogen) atoms. The van der Waals surface area contributed by atoms with Crippen molar-refractivity contribution in [2.45, 2.75) is 32.2 Å². The molecule has 2 fully saturated rings. The number of aromatic nitrogens is 1. The van der Waals surface area contributed by atoms with E-state index < -0.39 is 0 Å². The van der Waals surface area contributed by atoms with Gasteiger partial charge in [-0.1, -0.05) is 28.9 Å². The van der Waals surface area contributed by atoms with Crippen molar-refractivity contribution in [3.63, 3.8) is 0 Å². The second-order valence-corrected chi connectivity index (χ2v) is 10.2. The number of oxime groups is 1. The predicted molar refractivity (Wildman–Crippen MR) is 140 cm³/mol. The number of nitrogens with two attached hydrogens (primary N) is 2. The van der Waals surface area contributed by atoms with E-state index >= 15 is 0 Å². The minimum absolute atomic E-state index is 0.0152.